The summed E-state index contributed by atoms with van der Waals surface area (Å²) in [6.07, 6.45) is -3.82. The van der Waals surface area contributed by atoms with Crippen LogP contribution in [0.1, 0.15) is 31.9 Å². The van der Waals surface area contributed by atoms with Crippen molar-refractivity contribution in [2.45, 2.75) is 39.0 Å². The van der Waals surface area contributed by atoms with Gasteiger partial charge in [-0.05, 0) is 55.6 Å². The molecule has 4 rings (SSSR count). The summed E-state index contributed by atoms with van der Waals surface area (Å²) in [5, 5.41) is 27.4. The Morgan fingerprint density at radius 2 is 1.38 bits per heavy atom. The molecule has 0 atom stereocenters. The minimum atomic E-state index is -1.34. The number of rotatable bonds is 7. The SMILES string of the molecule is CC(C)(C)c1ccc(-c2cccc3cc(-c4ccccc4CNC(NC(=O)O)NC(=O)O)ccc23)cc1. The maximum atomic E-state index is 11.0. The normalized spacial score (nSPS) is 11.5. The average molecular weight is 498 g/mol. The first-order chi connectivity index (χ1) is 17.6. The second-order valence-corrected chi connectivity index (χ2v) is 9.94. The lowest BCUT2D eigenvalue weighted by molar-refractivity contribution is 0.170. The van der Waals surface area contributed by atoms with Gasteiger partial charge < -0.3 is 10.2 Å². The van der Waals surface area contributed by atoms with Crippen molar-refractivity contribution in [2.75, 3.05) is 0 Å². The molecule has 0 bridgehead atoms. The van der Waals surface area contributed by atoms with Crippen molar-refractivity contribution in [1.29, 1.82) is 0 Å². The Bertz CT molecular complexity index is 1410. The van der Waals surface area contributed by atoms with Crippen molar-refractivity contribution in [3.8, 4) is 22.3 Å². The molecular formula is C30H31N3O4. The molecule has 4 aromatic carbocycles. The van der Waals surface area contributed by atoms with Crippen molar-refractivity contribution in [3.63, 3.8) is 0 Å². The molecule has 0 aromatic heterocycles. The summed E-state index contributed by atoms with van der Waals surface area (Å²) in [6.45, 7) is 6.88. The molecule has 0 radical (unpaired) electrons. The minimum absolute atomic E-state index is 0.0990. The quantitative estimate of drug-likeness (QED) is 0.190. The molecule has 2 amide bonds. The number of carbonyl (C=O) groups is 2. The van der Waals surface area contributed by atoms with Gasteiger partial charge in [-0.1, -0.05) is 99.6 Å². The van der Waals surface area contributed by atoms with E-state index in [-0.39, 0.29) is 12.0 Å². The summed E-state index contributed by atoms with van der Waals surface area (Å²) in [4.78, 5) is 22.0. The molecule has 5 N–H and O–H groups in total. The van der Waals surface area contributed by atoms with E-state index in [0.717, 1.165) is 27.5 Å². The molecule has 0 unspecified atom stereocenters. The number of amides is 2. The summed E-state index contributed by atoms with van der Waals surface area (Å²) in [6, 6.07) is 29.1. The summed E-state index contributed by atoms with van der Waals surface area (Å²) in [5.74, 6) is 0. The molecule has 0 aliphatic heterocycles. The van der Waals surface area contributed by atoms with E-state index in [9.17, 15) is 9.59 Å². The van der Waals surface area contributed by atoms with Crippen molar-refractivity contribution in [3.05, 3.63) is 96.1 Å². The molecule has 0 fully saturated rings. The van der Waals surface area contributed by atoms with Crippen LogP contribution in [0.25, 0.3) is 33.0 Å². The second kappa shape index (κ2) is 10.7. The van der Waals surface area contributed by atoms with Crippen LogP contribution in [-0.2, 0) is 12.0 Å². The van der Waals surface area contributed by atoms with Gasteiger partial charge in [0.1, 0.15) is 0 Å². The van der Waals surface area contributed by atoms with Gasteiger partial charge in [-0.25, -0.2) is 9.59 Å². The standard InChI is InChI=1S/C30H31N3O4/c1-30(2,3)23-14-11-19(12-15-23)25-10-6-8-20-17-21(13-16-26(20)25)24-9-5-4-7-22(24)18-31-27(32-28(34)35)33-29(36)37/h4-17,27,31-33H,18H2,1-3H3,(H,34,35)(H,36,37). The lowest BCUT2D eigenvalue weighted by Gasteiger charge is -2.20. The Kier molecular flexibility index (Phi) is 7.45. The van der Waals surface area contributed by atoms with Crippen LogP contribution in [0, 0.1) is 0 Å². The predicted octanol–water partition coefficient (Wildman–Crippen LogP) is 6.38. The third kappa shape index (κ3) is 6.26. The Balaban J connectivity index is 1.63. The highest BCUT2D eigenvalue weighted by atomic mass is 16.4. The molecule has 0 spiro atoms. The molecular weight excluding hydrogens is 466 g/mol. The first-order valence-electron chi connectivity index (χ1n) is 12.1. The number of hydrogen-bond acceptors (Lipinski definition) is 3. The lowest BCUT2D eigenvalue weighted by Crippen LogP contribution is -2.55. The fraction of sp³-hybridized carbons (Fsp3) is 0.200. The fourth-order valence-electron chi connectivity index (χ4n) is 4.41. The lowest BCUT2D eigenvalue weighted by atomic mass is 9.86. The van der Waals surface area contributed by atoms with E-state index in [2.05, 4.69) is 97.4 Å². The van der Waals surface area contributed by atoms with Gasteiger partial charge in [0, 0.05) is 6.54 Å². The summed E-state index contributed by atoms with van der Waals surface area (Å²) in [7, 11) is 0. The zero-order chi connectivity index (χ0) is 26.6. The van der Waals surface area contributed by atoms with E-state index in [0.29, 0.717) is 0 Å². The zero-order valence-electron chi connectivity index (χ0n) is 21.1. The number of carboxylic acid groups (broad SMARTS) is 2. The molecule has 0 heterocycles. The number of benzene rings is 4. The van der Waals surface area contributed by atoms with Gasteiger partial charge in [-0.3, -0.25) is 16.0 Å². The van der Waals surface area contributed by atoms with Gasteiger partial charge in [0.05, 0.1) is 0 Å². The average Bonchev–Trinajstić information content (AvgIpc) is 2.85. The molecule has 4 aromatic rings. The predicted molar refractivity (Wildman–Crippen MR) is 146 cm³/mol. The maximum Gasteiger partial charge on any atom is 0.407 e. The highest BCUT2D eigenvalue weighted by Crippen LogP contribution is 2.34. The third-order valence-electron chi connectivity index (χ3n) is 6.30. The van der Waals surface area contributed by atoms with Gasteiger partial charge in [0.2, 0.25) is 0 Å². The zero-order valence-corrected chi connectivity index (χ0v) is 21.1. The first-order valence-corrected chi connectivity index (χ1v) is 12.1. The van der Waals surface area contributed by atoms with Crippen molar-refractivity contribution < 1.29 is 19.8 Å². The summed E-state index contributed by atoms with van der Waals surface area (Å²) in [5.41, 5.74) is 6.62. The van der Waals surface area contributed by atoms with E-state index in [1.54, 1.807) is 0 Å². The molecule has 0 aliphatic rings. The summed E-state index contributed by atoms with van der Waals surface area (Å²) < 4.78 is 0. The first kappa shape index (κ1) is 25.7. The molecule has 7 nitrogen and oxygen atoms in total. The van der Waals surface area contributed by atoms with Gasteiger partial charge in [0.15, 0.2) is 6.29 Å². The van der Waals surface area contributed by atoms with E-state index in [4.69, 9.17) is 10.2 Å². The molecule has 0 saturated heterocycles. The molecule has 190 valence electrons. The number of fused-ring (bicyclic) bond motifs is 1. The molecule has 7 heteroatoms. The van der Waals surface area contributed by atoms with E-state index >= 15 is 0 Å². The van der Waals surface area contributed by atoms with Crippen LogP contribution in [0.3, 0.4) is 0 Å². The fourth-order valence-corrected chi connectivity index (χ4v) is 4.41. The Morgan fingerprint density at radius 3 is 2.03 bits per heavy atom. The van der Waals surface area contributed by atoms with Gasteiger partial charge in [-0.15, -0.1) is 0 Å². The van der Waals surface area contributed by atoms with Crippen LogP contribution in [-0.4, -0.2) is 28.7 Å². The van der Waals surface area contributed by atoms with Crippen LogP contribution >= 0.6 is 0 Å². The Morgan fingerprint density at radius 1 is 0.757 bits per heavy atom. The molecule has 37 heavy (non-hydrogen) atoms. The monoisotopic (exact) mass is 497 g/mol. The van der Waals surface area contributed by atoms with Gasteiger partial charge in [-0.2, -0.15) is 0 Å². The second-order valence-electron chi connectivity index (χ2n) is 9.94. The third-order valence-corrected chi connectivity index (χ3v) is 6.30. The van der Waals surface area contributed by atoms with Crippen LogP contribution in [0.5, 0.6) is 0 Å². The number of hydrogen-bond donors (Lipinski definition) is 5. The minimum Gasteiger partial charge on any atom is -0.465 e. The highest BCUT2D eigenvalue weighted by Gasteiger charge is 2.16. The summed E-state index contributed by atoms with van der Waals surface area (Å²) >= 11 is 0. The topological polar surface area (TPSA) is 111 Å². The highest BCUT2D eigenvalue weighted by molar-refractivity contribution is 5.98. The molecule has 0 saturated carbocycles. The van der Waals surface area contributed by atoms with Crippen molar-refractivity contribution >= 4 is 23.0 Å². The van der Waals surface area contributed by atoms with Crippen LogP contribution < -0.4 is 16.0 Å². The van der Waals surface area contributed by atoms with Crippen molar-refractivity contribution in [2.24, 2.45) is 0 Å². The maximum absolute atomic E-state index is 11.0. The number of nitrogens with one attached hydrogen (secondary N) is 3. The van der Waals surface area contributed by atoms with Crippen molar-refractivity contribution in [1.82, 2.24) is 16.0 Å². The van der Waals surface area contributed by atoms with Crippen LogP contribution in [0.15, 0.2) is 84.9 Å². The smallest absolute Gasteiger partial charge is 0.407 e. The van der Waals surface area contributed by atoms with Gasteiger partial charge in [0.25, 0.3) is 0 Å². The van der Waals surface area contributed by atoms with Gasteiger partial charge >= 0.3 is 12.2 Å². The largest absolute Gasteiger partial charge is 0.465 e. The van der Waals surface area contributed by atoms with E-state index in [1.807, 2.05) is 24.3 Å². The van der Waals surface area contributed by atoms with E-state index < -0.39 is 18.5 Å². The Labute approximate surface area is 216 Å². The van der Waals surface area contributed by atoms with Crippen LogP contribution in [0.4, 0.5) is 9.59 Å². The molecule has 0 aliphatic carbocycles. The Hall–Kier alpha value is -4.36. The van der Waals surface area contributed by atoms with E-state index in [1.165, 1.54) is 16.7 Å². The van der Waals surface area contributed by atoms with Crippen LogP contribution in [0.2, 0.25) is 0 Å².